The van der Waals surface area contributed by atoms with Gasteiger partial charge in [-0.2, -0.15) is 0 Å². The topological polar surface area (TPSA) is 53.0 Å². The van der Waals surface area contributed by atoms with Gasteiger partial charge in [0.05, 0.1) is 11.4 Å². The molecule has 1 atom stereocenters. The van der Waals surface area contributed by atoms with E-state index in [-0.39, 0.29) is 5.78 Å². The molecule has 0 fully saturated rings. The molecule has 1 rings (SSSR count). The van der Waals surface area contributed by atoms with Gasteiger partial charge in [-0.3, -0.25) is 10.2 Å². The molecule has 0 bridgehead atoms. The lowest BCUT2D eigenvalue weighted by Gasteiger charge is -2.31. The lowest BCUT2D eigenvalue weighted by Crippen LogP contribution is -2.52. The fourth-order valence-corrected chi connectivity index (χ4v) is 3.11. The molecular weight excluding hydrogens is 340 g/mol. The van der Waals surface area contributed by atoms with Crippen molar-refractivity contribution in [3.05, 3.63) is 34.3 Å². The van der Waals surface area contributed by atoms with E-state index < -0.39 is 5.54 Å². The number of ketones is 1. The molecule has 1 unspecified atom stereocenters. The van der Waals surface area contributed by atoms with Crippen LogP contribution < -0.4 is 5.32 Å². The van der Waals surface area contributed by atoms with Crippen LogP contribution in [-0.4, -0.2) is 17.2 Å². The first kappa shape index (κ1) is 18.9. The third-order valence-corrected chi connectivity index (χ3v) is 4.21. The largest absolute Gasteiger partial charge is 0.362 e. The van der Waals surface area contributed by atoms with Gasteiger partial charge in [0.15, 0.2) is 5.78 Å². The number of rotatable bonds is 8. The molecular formula is C18H27BrN2O. The van der Waals surface area contributed by atoms with E-state index in [0.29, 0.717) is 18.2 Å². The number of Topliss-reactive ketones (excluding diaryl/α,β-unsaturated/α-hetero) is 1. The summed E-state index contributed by atoms with van der Waals surface area (Å²) in [4.78, 5) is 12.6. The first-order valence-corrected chi connectivity index (χ1v) is 8.63. The summed E-state index contributed by atoms with van der Waals surface area (Å²) in [7, 11) is 0. The Morgan fingerprint density at radius 3 is 2.41 bits per heavy atom. The van der Waals surface area contributed by atoms with Crippen molar-refractivity contribution in [3.8, 4) is 0 Å². The molecule has 3 nitrogen and oxygen atoms in total. The van der Waals surface area contributed by atoms with E-state index in [9.17, 15) is 4.79 Å². The number of halogens is 1. The molecule has 0 radical (unpaired) electrons. The van der Waals surface area contributed by atoms with Crippen LogP contribution in [0.3, 0.4) is 0 Å². The van der Waals surface area contributed by atoms with E-state index in [1.807, 2.05) is 19.1 Å². The molecule has 0 aliphatic rings. The normalized spacial score (nSPS) is 13.7. The van der Waals surface area contributed by atoms with Gasteiger partial charge in [-0.1, -0.05) is 41.9 Å². The Hall–Kier alpha value is -1.16. The highest BCUT2D eigenvalue weighted by Gasteiger charge is 2.32. The molecule has 4 heteroatoms. The van der Waals surface area contributed by atoms with Crippen molar-refractivity contribution in [1.29, 1.82) is 5.41 Å². The van der Waals surface area contributed by atoms with Gasteiger partial charge in [-0.25, -0.2) is 0 Å². The third kappa shape index (κ3) is 6.30. The van der Waals surface area contributed by atoms with Crippen LogP contribution in [-0.2, 0) is 11.2 Å². The van der Waals surface area contributed by atoms with Gasteiger partial charge < -0.3 is 5.32 Å². The molecule has 122 valence electrons. The Balaban J connectivity index is 2.59. The number of amidine groups is 1. The third-order valence-electron chi connectivity index (χ3n) is 3.68. The van der Waals surface area contributed by atoms with E-state index in [1.54, 1.807) is 6.92 Å². The maximum atomic E-state index is 12.6. The first-order chi connectivity index (χ1) is 10.2. The Morgan fingerprint density at radius 2 is 1.91 bits per heavy atom. The smallest absolute Gasteiger partial charge is 0.157 e. The number of carbonyl (C=O) groups is 1. The molecule has 0 saturated heterocycles. The number of carbonyl (C=O) groups excluding carboxylic acids is 1. The zero-order valence-electron chi connectivity index (χ0n) is 14.0. The van der Waals surface area contributed by atoms with Gasteiger partial charge in [0.1, 0.15) is 0 Å². The number of hydrogen-bond acceptors (Lipinski definition) is 2. The average Bonchev–Trinajstić information content (AvgIpc) is 2.39. The Bertz CT molecular complexity index is 510. The number of nitrogens with one attached hydrogen (secondary N) is 2. The Labute approximate surface area is 142 Å². The van der Waals surface area contributed by atoms with Gasteiger partial charge in [0.25, 0.3) is 0 Å². The molecule has 0 heterocycles. The van der Waals surface area contributed by atoms with Crippen molar-refractivity contribution in [2.24, 2.45) is 5.92 Å². The monoisotopic (exact) mass is 366 g/mol. The van der Waals surface area contributed by atoms with Crippen LogP contribution in [0, 0.1) is 11.3 Å². The molecule has 0 spiro atoms. The van der Waals surface area contributed by atoms with Crippen LogP contribution >= 0.6 is 15.9 Å². The highest BCUT2D eigenvalue weighted by molar-refractivity contribution is 9.10. The van der Waals surface area contributed by atoms with E-state index in [2.05, 4.69) is 47.2 Å². The zero-order valence-corrected chi connectivity index (χ0v) is 15.6. The van der Waals surface area contributed by atoms with Gasteiger partial charge in [-0.15, -0.1) is 0 Å². The van der Waals surface area contributed by atoms with Crippen LogP contribution in [0.2, 0.25) is 0 Å². The number of aryl methyl sites for hydroxylation is 1. The van der Waals surface area contributed by atoms with Gasteiger partial charge >= 0.3 is 0 Å². The molecule has 0 aromatic heterocycles. The van der Waals surface area contributed by atoms with Crippen LogP contribution in [0.15, 0.2) is 28.7 Å². The fraction of sp³-hybridized carbons (Fsp3) is 0.556. The minimum Gasteiger partial charge on any atom is -0.362 e. The Kier molecular flexibility index (Phi) is 7.27. The SMILES string of the molecule is CC(=N)NC(C)(CC(C)C)C(=O)CCCc1ccc(Br)cc1. The fourth-order valence-electron chi connectivity index (χ4n) is 2.84. The minimum absolute atomic E-state index is 0.199. The summed E-state index contributed by atoms with van der Waals surface area (Å²) in [5, 5.41) is 10.7. The minimum atomic E-state index is -0.625. The summed E-state index contributed by atoms with van der Waals surface area (Å²) >= 11 is 3.43. The standard InChI is InChI=1S/C18H27BrN2O/c1-13(2)12-18(4,21-14(3)20)17(22)7-5-6-15-8-10-16(19)11-9-15/h8-11,13H,5-7,12H2,1-4H3,(H2,20,21). The summed E-state index contributed by atoms with van der Waals surface area (Å²) in [6.07, 6.45) is 3.03. The number of benzene rings is 1. The second kappa shape index (κ2) is 8.47. The van der Waals surface area contributed by atoms with Crippen molar-refractivity contribution in [2.45, 2.75) is 58.9 Å². The van der Waals surface area contributed by atoms with Crippen LogP contribution in [0.1, 0.15) is 52.5 Å². The molecule has 22 heavy (non-hydrogen) atoms. The molecule has 1 aromatic rings. The average molecular weight is 367 g/mol. The lowest BCUT2D eigenvalue weighted by atomic mass is 9.84. The van der Waals surface area contributed by atoms with Gasteiger partial charge in [-0.05, 0) is 56.7 Å². The molecule has 0 aliphatic carbocycles. The highest BCUT2D eigenvalue weighted by atomic mass is 79.9. The van der Waals surface area contributed by atoms with Gasteiger partial charge in [0.2, 0.25) is 0 Å². The predicted octanol–water partition coefficient (Wildman–Crippen LogP) is 4.73. The second-order valence-corrected chi connectivity index (χ2v) is 7.50. The highest BCUT2D eigenvalue weighted by Crippen LogP contribution is 2.21. The summed E-state index contributed by atoms with van der Waals surface area (Å²) in [6.45, 7) is 7.82. The molecule has 0 amide bonds. The number of hydrogen-bond donors (Lipinski definition) is 2. The van der Waals surface area contributed by atoms with E-state index in [4.69, 9.17) is 5.41 Å². The molecule has 0 saturated carbocycles. The van der Waals surface area contributed by atoms with Crippen molar-refractivity contribution in [3.63, 3.8) is 0 Å². The van der Waals surface area contributed by atoms with Crippen LogP contribution in [0.4, 0.5) is 0 Å². The van der Waals surface area contributed by atoms with Crippen molar-refractivity contribution in [2.75, 3.05) is 0 Å². The molecule has 0 aliphatic heterocycles. The predicted molar refractivity (Wildman–Crippen MR) is 96.5 cm³/mol. The summed E-state index contributed by atoms with van der Waals surface area (Å²) < 4.78 is 1.07. The Morgan fingerprint density at radius 1 is 1.32 bits per heavy atom. The van der Waals surface area contributed by atoms with Crippen LogP contribution in [0.5, 0.6) is 0 Å². The van der Waals surface area contributed by atoms with E-state index in [0.717, 1.165) is 23.7 Å². The summed E-state index contributed by atoms with van der Waals surface area (Å²) in [6, 6.07) is 8.23. The quantitative estimate of drug-likeness (QED) is 0.515. The second-order valence-electron chi connectivity index (χ2n) is 6.58. The summed E-state index contributed by atoms with van der Waals surface area (Å²) in [5.74, 6) is 0.960. The van der Waals surface area contributed by atoms with E-state index in [1.165, 1.54) is 5.56 Å². The maximum absolute atomic E-state index is 12.6. The van der Waals surface area contributed by atoms with Crippen LogP contribution in [0.25, 0.3) is 0 Å². The van der Waals surface area contributed by atoms with Crippen molar-refractivity contribution in [1.82, 2.24) is 5.32 Å². The van der Waals surface area contributed by atoms with E-state index >= 15 is 0 Å². The zero-order chi connectivity index (χ0) is 16.8. The molecule has 1 aromatic carbocycles. The van der Waals surface area contributed by atoms with Crippen molar-refractivity contribution < 1.29 is 4.79 Å². The summed E-state index contributed by atoms with van der Waals surface area (Å²) in [5.41, 5.74) is 0.623. The van der Waals surface area contributed by atoms with Gasteiger partial charge in [0, 0.05) is 10.9 Å². The van der Waals surface area contributed by atoms with Crippen molar-refractivity contribution >= 4 is 27.5 Å². The first-order valence-electron chi connectivity index (χ1n) is 7.84. The lowest BCUT2D eigenvalue weighted by molar-refractivity contribution is -0.125. The molecule has 2 N–H and O–H groups in total. The maximum Gasteiger partial charge on any atom is 0.157 e.